The number of benzene rings is 1. The summed E-state index contributed by atoms with van der Waals surface area (Å²) in [4.78, 5) is 19.9. The number of hydrogen-bond donors (Lipinski definition) is 3. The molecule has 1 saturated carbocycles. The molecule has 0 spiro atoms. The van der Waals surface area contributed by atoms with Gasteiger partial charge in [0.1, 0.15) is 5.02 Å². The fraction of sp³-hybridized carbons (Fsp3) is 0.333. The van der Waals surface area contributed by atoms with E-state index in [0.717, 1.165) is 18.5 Å². The number of nitrogens with zero attached hydrogens (tertiary/aromatic N) is 3. The Morgan fingerprint density at radius 1 is 1.31 bits per heavy atom. The van der Waals surface area contributed by atoms with E-state index in [1.807, 2.05) is 6.07 Å². The van der Waals surface area contributed by atoms with Crippen molar-refractivity contribution in [2.45, 2.75) is 37.0 Å². The van der Waals surface area contributed by atoms with Gasteiger partial charge in [0.15, 0.2) is 27.3 Å². The van der Waals surface area contributed by atoms with Crippen LogP contribution in [0.15, 0.2) is 41.4 Å². The number of amides is 1. The maximum absolute atomic E-state index is 12.7. The van der Waals surface area contributed by atoms with E-state index >= 15 is 0 Å². The van der Waals surface area contributed by atoms with Crippen LogP contribution in [-0.4, -0.2) is 46.8 Å². The molecule has 172 valence electrons. The van der Waals surface area contributed by atoms with Crippen LogP contribution in [0.4, 0.5) is 11.6 Å². The highest BCUT2D eigenvalue weighted by atomic mass is 35.5. The van der Waals surface area contributed by atoms with Gasteiger partial charge in [-0.15, -0.1) is 0 Å². The number of carbonyl (C=O) groups excluding carboxylic acids is 1. The van der Waals surface area contributed by atoms with Crippen LogP contribution in [0.1, 0.15) is 40.7 Å². The first-order valence-electron chi connectivity index (χ1n) is 10.2. The van der Waals surface area contributed by atoms with Crippen molar-refractivity contribution in [2.75, 3.05) is 17.6 Å². The molecule has 1 fully saturated rings. The average Bonchev–Trinajstić information content (AvgIpc) is 3.52. The summed E-state index contributed by atoms with van der Waals surface area (Å²) < 4.78 is 25.4. The van der Waals surface area contributed by atoms with Crippen LogP contribution in [0.25, 0.3) is 11.4 Å². The maximum atomic E-state index is 12.7. The molecule has 0 aliphatic heterocycles. The Morgan fingerprint density at radius 2 is 2.12 bits per heavy atom. The van der Waals surface area contributed by atoms with E-state index in [1.54, 1.807) is 18.2 Å². The number of aromatic nitrogens is 4. The molecule has 1 aliphatic rings. The van der Waals surface area contributed by atoms with Crippen LogP contribution in [0.3, 0.4) is 0 Å². The van der Waals surface area contributed by atoms with E-state index in [0.29, 0.717) is 46.9 Å². The second kappa shape index (κ2) is 9.25. The minimum Gasteiger partial charge on any atom is -0.356 e. The predicted molar refractivity (Wildman–Crippen MR) is 126 cm³/mol. The van der Waals surface area contributed by atoms with Crippen molar-refractivity contribution in [3.05, 3.63) is 47.2 Å². The van der Waals surface area contributed by atoms with Gasteiger partial charge in [-0.3, -0.25) is 9.89 Å². The molecule has 2 aromatic heterocycles. The van der Waals surface area contributed by atoms with Crippen molar-refractivity contribution in [3.8, 4) is 11.4 Å². The molecule has 3 aromatic rings. The highest BCUT2D eigenvalue weighted by Crippen LogP contribution is 2.39. The molecule has 9 nitrogen and oxygen atoms in total. The fourth-order valence-corrected chi connectivity index (χ4v) is 4.68. The maximum Gasteiger partial charge on any atom is 0.216 e. The molecule has 0 bridgehead atoms. The van der Waals surface area contributed by atoms with Gasteiger partial charge in [0.05, 0.1) is 16.8 Å². The molecule has 32 heavy (non-hydrogen) atoms. The highest BCUT2D eigenvalue weighted by molar-refractivity contribution is 7.91. The molecule has 11 heteroatoms. The van der Waals surface area contributed by atoms with Crippen LogP contribution in [0, 0.1) is 0 Å². The summed E-state index contributed by atoms with van der Waals surface area (Å²) >= 11 is 6.26. The zero-order chi connectivity index (χ0) is 22.7. The molecule has 0 saturated heterocycles. The lowest BCUT2D eigenvalue weighted by molar-refractivity contribution is -0.118. The molecule has 1 amide bonds. The van der Waals surface area contributed by atoms with Crippen LogP contribution in [-0.2, 0) is 14.6 Å². The Hall–Kier alpha value is -2.98. The first-order valence-corrected chi connectivity index (χ1v) is 12.3. The summed E-state index contributed by atoms with van der Waals surface area (Å²) in [5, 5.41) is 13.3. The molecule has 0 atom stereocenters. The number of H-pyrrole nitrogens is 1. The van der Waals surface area contributed by atoms with Gasteiger partial charge in [-0.25, -0.2) is 18.4 Å². The van der Waals surface area contributed by atoms with Crippen LogP contribution >= 0.6 is 11.6 Å². The normalized spacial score (nSPS) is 13.7. The average molecular weight is 479 g/mol. The number of anilines is 2. The Kier molecular flexibility index (Phi) is 6.43. The van der Waals surface area contributed by atoms with Crippen molar-refractivity contribution >= 4 is 39.0 Å². The number of sulfone groups is 1. The molecule has 0 radical (unpaired) electrons. The van der Waals surface area contributed by atoms with Crippen LogP contribution in [0.5, 0.6) is 0 Å². The SMILES string of the molecule is CC(=O)NCCCS(=O)(=O)c1cccc(-c2ncc(Cl)c(Nc3cc(C4CC4)[nH]n3)n2)c1.[HH].[HH]. The fourth-order valence-electron chi connectivity index (χ4n) is 3.19. The van der Waals surface area contributed by atoms with Gasteiger partial charge in [0.25, 0.3) is 0 Å². The van der Waals surface area contributed by atoms with Gasteiger partial charge < -0.3 is 10.6 Å². The third kappa shape index (κ3) is 5.43. The van der Waals surface area contributed by atoms with E-state index in [-0.39, 0.29) is 19.4 Å². The molecule has 4 rings (SSSR count). The van der Waals surface area contributed by atoms with Crippen molar-refractivity contribution in [2.24, 2.45) is 0 Å². The summed E-state index contributed by atoms with van der Waals surface area (Å²) in [6.07, 6.45) is 4.11. The molecule has 3 N–H and O–H groups in total. The lowest BCUT2D eigenvalue weighted by Crippen LogP contribution is -2.23. The van der Waals surface area contributed by atoms with Gasteiger partial charge in [0, 0.05) is 39.6 Å². The Balaban J connectivity index is 0.00000204. The number of nitrogens with one attached hydrogen (secondary N) is 3. The van der Waals surface area contributed by atoms with Crippen molar-refractivity contribution in [1.29, 1.82) is 0 Å². The van der Waals surface area contributed by atoms with E-state index in [4.69, 9.17) is 11.6 Å². The van der Waals surface area contributed by atoms with Crippen LogP contribution in [0.2, 0.25) is 5.02 Å². The minimum atomic E-state index is -3.52. The standard InChI is InChI=1S/C21H23ClN6O3S.2H2/c1-13(29)23-8-3-9-32(30,31)16-5-2-4-15(10-16)20-24-12-17(22)21(26-20)25-19-11-18(27-28-19)14-6-7-14;;/h2,4-5,10-12,14H,3,6-9H2,1H3,(H,23,29)(H2,24,25,26,27,28);2*1H. The Morgan fingerprint density at radius 3 is 2.88 bits per heavy atom. The van der Waals surface area contributed by atoms with E-state index < -0.39 is 9.84 Å². The topological polar surface area (TPSA) is 130 Å². The number of carbonyl (C=O) groups is 1. The first-order chi connectivity index (χ1) is 15.3. The molecule has 2 heterocycles. The monoisotopic (exact) mass is 478 g/mol. The van der Waals surface area contributed by atoms with E-state index in [9.17, 15) is 13.2 Å². The summed E-state index contributed by atoms with van der Waals surface area (Å²) in [5.41, 5.74) is 1.63. The van der Waals surface area contributed by atoms with Gasteiger partial charge in [-0.05, 0) is 31.4 Å². The lowest BCUT2D eigenvalue weighted by atomic mass is 10.2. The largest absolute Gasteiger partial charge is 0.356 e. The van der Waals surface area contributed by atoms with Gasteiger partial charge in [0.2, 0.25) is 5.91 Å². The van der Waals surface area contributed by atoms with Gasteiger partial charge >= 0.3 is 0 Å². The highest BCUT2D eigenvalue weighted by Gasteiger charge is 2.25. The smallest absolute Gasteiger partial charge is 0.216 e. The number of aromatic amines is 1. The minimum absolute atomic E-state index is 0. The van der Waals surface area contributed by atoms with Crippen LogP contribution < -0.4 is 10.6 Å². The summed E-state index contributed by atoms with van der Waals surface area (Å²) in [7, 11) is -3.52. The Labute approximate surface area is 193 Å². The zero-order valence-corrected chi connectivity index (χ0v) is 19.0. The van der Waals surface area contributed by atoms with Crippen molar-refractivity contribution in [3.63, 3.8) is 0 Å². The second-order valence-electron chi connectivity index (χ2n) is 7.68. The quantitative estimate of drug-likeness (QED) is 0.397. The number of halogens is 1. The van der Waals surface area contributed by atoms with Crippen molar-refractivity contribution < 1.29 is 16.1 Å². The lowest BCUT2D eigenvalue weighted by Gasteiger charge is -2.09. The zero-order valence-electron chi connectivity index (χ0n) is 17.4. The summed E-state index contributed by atoms with van der Waals surface area (Å²) in [6.45, 7) is 1.70. The predicted octanol–water partition coefficient (Wildman–Crippen LogP) is 3.93. The Bertz CT molecular complexity index is 1250. The number of hydrogen-bond acceptors (Lipinski definition) is 7. The third-order valence-electron chi connectivity index (χ3n) is 5.02. The summed E-state index contributed by atoms with van der Waals surface area (Å²) in [6, 6.07) is 8.40. The van der Waals surface area contributed by atoms with Crippen molar-refractivity contribution in [1.82, 2.24) is 25.5 Å². The summed E-state index contributed by atoms with van der Waals surface area (Å²) in [5.74, 6) is 1.60. The third-order valence-corrected chi connectivity index (χ3v) is 7.10. The molecular formula is C21H27ClN6O3S. The van der Waals surface area contributed by atoms with E-state index in [1.165, 1.54) is 19.2 Å². The molecule has 0 unspecified atom stereocenters. The van der Waals surface area contributed by atoms with Gasteiger partial charge in [-0.2, -0.15) is 5.10 Å². The molecule has 1 aromatic carbocycles. The molecule has 1 aliphatic carbocycles. The van der Waals surface area contributed by atoms with Gasteiger partial charge in [-0.1, -0.05) is 23.7 Å². The van der Waals surface area contributed by atoms with E-state index in [2.05, 4.69) is 30.8 Å². The first kappa shape index (κ1) is 22.2. The molecular weight excluding hydrogens is 452 g/mol. The second-order valence-corrected chi connectivity index (χ2v) is 10.2. The number of rotatable bonds is 9.